The molecule has 36 heavy (non-hydrogen) atoms. The molecule has 1 amide bonds. The summed E-state index contributed by atoms with van der Waals surface area (Å²) in [6.45, 7) is 6.12. The van der Waals surface area contributed by atoms with Crippen LogP contribution in [0.1, 0.15) is 55.1 Å². The predicted molar refractivity (Wildman–Crippen MR) is 135 cm³/mol. The van der Waals surface area contributed by atoms with E-state index in [1.165, 1.54) is 6.07 Å². The molecule has 1 saturated heterocycles. The molecule has 2 aliphatic rings. The maximum atomic E-state index is 15.0. The van der Waals surface area contributed by atoms with E-state index in [4.69, 9.17) is 11.6 Å². The van der Waals surface area contributed by atoms with Crippen LogP contribution in [0, 0.1) is 17.2 Å². The monoisotopic (exact) mass is 516 g/mol. The zero-order valence-corrected chi connectivity index (χ0v) is 21.3. The summed E-state index contributed by atoms with van der Waals surface area (Å²) in [6, 6.07) is 7.71. The molecule has 2 N–H and O–H groups in total. The van der Waals surface area contributed by atoms with Gasteiger partial charge in [-0.15, -0.1) is 0 Å². The van der Waals surface area contributed by atoms with Gasteiger partial charge in [0.1, 0.15) is 11.7 Å². The molecule has 2 unspecified atom stereocenters. The van der Waals surface area contributed by atoms with E-state index in [1.807, 2.05) is 20.8 Å². The van der Waals surface area contributed by atoms with Gasteiger partial charge in [0.25, 0.3) is 0 Å². The first-order valence-corrected chi connectivity index (χ1v) is 12.4. The molecule has 7 nitrogen and oxygen atoms in total. The summed E-state index contributed by atoms with van der Waals surface area (Å²) in [4.78, 5) is 40.6. The van der Waals surface area contributed by atoms with Gasteiger partial charge in [-0.2, -0.15) is 0 Å². The fourth-order valence-electron chi connectivity index (χ4n) is 5.09. The maximum Gasteiger partial charge on any atom is 0.316 e. The molecule has 0 bridgehead atoms. The van der Waals surface area contributed by atoms with Crippen molar-refractivity contribution in [2.24, 2.45) is 11.3 Å². The van der Waals surface area contributed by atoms with E-state index in [0.29, 0.717) is 29.9 Å². The van der Waals surface area contributed by atoms with Crippen LogP contribution in [0.3, 0.4) is 0 Å². The van der Waals surface area contributed by atoms with Gasteiger partial charge >= 0.3 is 5.97 Å². The van der Waals surface area contributed by atoms with Crippen molar-refractivity contribution in [2.75, 3.05) is 29.5 Å². The first-order chi connectivity index (χ1) is 16.9. The van der Waals surface area contributed by atoms with E-state index in [0.717, 1.165) is 6.42 Å². The zero-order chi connectivity index (χ0) is 26.4. The molecular formula is C27H30ClFN2O5. The number of Topliss-reactive ketones (excluding diaryl/α,β-unsaturated/α-hetero) is 1. The third-order valence-electron chi connectivity index (χ3n) is 7.05. The molecule has 9 heteroatoms. The number of hydrogen-bond donors (Lipinski definition) is 2. The number of aliphatic hydroxyl groups excluding tert-OH is 1. The summed E-state index contributed by atoms with van der Waals surface area (Å²) in [6.07, 6.45) is 1.26. The van der Waals surface area contributed by atoms with Gasteiger partial charge in [-0.3, -0.25) is 14.4 Å². The number of benzene rings is 2. The third-order valence-corrected chi connectivity index (χ3v) is 7.32. The number of halogens is 2. The summed E-state index contributed by atoms with van der Waals surface area (Å²) < 4.78 is 15.0. The Balaban J connectivity index is 1.74. The lowest BCUT2D eigenvalue weighted by Gasteiger charge is -2.44. The fourth-order valence-corrected chi connectivity index (χ4v) is 5.32. The fraction of sp³-hybridized carbons (Fsp3) is 0.444. The van der Waals surface area contributed by atoms with Crippen LogP contribution in [0.4, 0.5) is 15.8 Å². The molecule has 2 aromatic carbocycles. The number of carboxylic acids is 1. The van der Waals surface area contributed by atoms with Crippen LogP contribution < -0.4 is 9.80 Å². The van der Waals surface area contributed by atoms with E-state index in [-0.39, 0.29) is 47.0 Å². The number of carbonyl (C=O) groups is 3. The number of aliphatic hydroxyl groups is 1. The van der Waals surface area contributed by atoms with Crippen LogP contribution in [0.5, 0.6) is 0 Å². The summed E-state index contributed by atoms with van der Waals surface area (Å²) >= 11 is 6.15. The highest BCUT2D eigenvalue weighted by atomic mass is 35.5. The number of ketones is 1. The van der Waals surface area contributed by atoms with E-state index in [9.17, 15) is 29.0 Å². The van der Waals surface area contributed by atoms with Gasteiger partial charge in [0.05, 0.1) is 17.7 Å². The lowest BCUT2D eigenvalue weighted by molar-refractivity contribution is -0.139. The molecule has 2 aliphatic heterocycles. The van der Waals surface area contributed by atoms with Gasteiger partial charge in [0.15, 0.2) is 5.78 Å². The van der Waals surface area contributed by atoms with Crippen molar-refractivity contribution >= 4 is 40.6 Å². The Labute approximate surface area is 214 Å². The number of carboxylic acid groups (broad SMARTS) is 1. The Bertz CT molecular complexity index is 1230. The topological polar surface area (TPSA) is 98.2 Å². The second kappa shape index (κ2) is 9.82. The maximum absolute atomic E-state index is 15.0. The molecule has 2 aromatic rings. The van der Waals surface area contributed by atoms with E-state index in [1.54, 1.807) is 34.1 Å². The van der Waals surface area contributed by atoms with Crippen LogP contribution in [0.25, 0.3) is 0 Å². The summed E-state index contributed by atoms with van der Waals surface area (Å²) in [5.74, 6) is -3.67. The Morgan fingerprint density at radius 1 is 1.22 bits per heavy atom. The largest absolute Gasteiger partial charge is 0.481 e. The Morgan fingerprint density at radius 3 is 2.53 bits per heavy atom. The van der Waals surface area contributed by atoms with Crippen molar-refractivity contribution in [3.63, 3.8) is 0 Å². The highest BCUT2D eigenvalue weighted by Gasteiger charge is 2.41. The zero-order valence-electron chi connectivity index (χ0n) is 20.6. The predicted octanol–water partition coefficient (Wildman–Crippen LogP) is 4.31. The average molecular weight is 517 g/mol. The lowest BCUT2D eigenvalue weighted by atomic mass is 9.82. The Morgan fingerprint density at radius 2 is 1.94 bits per heavy atom. The van der Waals surface area contributed by atoms with Crippen molar-refractivity contribution in [3.05, 3.63) is 57.9 Å². The highest BCUT2D eigenvalue weighted by molar-refractivity contribution is 6.31. The molecule has 0 radical (unpaired) electrons. The number of anilines is 2. The molecule has 0 saturated carbocycles. The molecule has 0 spiro atoms. The normalized spacial score (nSPS) is 19.0. The second-order valence-corrected chi connectivity index (χ2v) is 11.0. The molecule has 0 aromatic heterocycles. The van der Waals surface area contributed by atoms with Gasteiger partial charge in [0.2, 0.25) is 5.91 Å². The molecule has 4 rings (SSSR count). The minimum Gasteiger partial charge on any atom is -0.481 e. The van der Waals surface area contributed by atoms with Crippen LogP contribution in [0.2, 0.25) is 5.02 Å². The smallest absolute Gasteiger partial charge is 0.316 e. The molecule has 0 aliphatic carbocycles. The molecule has 2 atom stereocenters. The first kappa shape index (κ1) is 26.1. The van der Waals surface area contributed by atoms with Gasteiger partial charge < -0.3 is 20.0 Å². The third kappa shape index (κ3) is 4.84. The van der Waals surface area contributed by atoms with Crippen LogP contribution in [-0.4, -0.2) is 53.6 Å². The Kier molecular flexibility index (Phi) is 7.12. The molecule has 2 heterocycles. The number of fused-ring (bicyclic) bond motifs is 1. The number of rotatable bonds is 6. The number of nitrogens with zero attached hydrogens (tertiary/aromatic N) is 2. The first-order valence-electron chi connectivity index (χ1n) is 12.0. The van der Waals surface area contributed by atoms with E-state index >= 15 is 0 Å². The SMILES string of the molecule is CC(C)(C)C(CO)N1CC(C(=O)O)C(=O)c2cc(Cc3cc(N4CCCC4=O)cc(Cl)c3F)ccc21. The highest BCUT2D eigenvalue weighted by Crippen LogP contribution is 2.38. The average Bonchev–Trinajstić information content (AvgIpc) is 3.23. The summed E-state index contributed by atoms with van der Waals surface area (Å²) in [5.41, 5.74) is 1.79. The second-order valence-electron chi connectivity index (χ2n) is 10.5. The van der Waals surface area contributed by atoms with Gasteiger partial charge in [-0.05, 0) is 47.2 Å². The van der Waals surface area contributed by atoms with Crippen molar-refractivity contribution in [2.45, 2.75) is 46.1 Å². The molecular weight excluding hydrogens is 487 g/mol. The van der Waals surface area contributed by atoms with E-state index < -0.39 is 29.5 Å². The van der Waals surface area contributed by atoms with Gasteiger partial charge in [-0.25, -0.2) is 4.39 Å². The number of aliphatic carboxylic acids is 1. The van der Waals surface area contributed by atoms with Crippen molar-refractivity contribution in [1.29, 1.82) is 0 Å². The van der Waals surface area contributed by atoms with Crippen molar-refractivity contribution in [3.8, 4) is 0 Å². The Hall–Kier alpha value is -2.97. The quantitative estimate of drug-likeness (QED) is 0.555. The minimum atomic E-state index is -1.28. The number of hydrogen-bond acceptors (Lipinski definition) is 5. The van der Waals surface area contributed by atoms with Gasteiger partial charge in [0, 0.05) is 42.9 Å². The van der Waals surface area contributed by atoms with Crippen molar-refractivity contribution < 1.29 is 29.0 Å². The van der Waals surface area contributed by atoms with E-state index in [2.05, 4.69) is 0 Å². The summed E-state index contributed by atoms with van der Waals surface area (Å²) in [7, 11) is 0. The number of amides is 1. The molecule has 1 fully saturated rings. The number of carbonyl (C=O) groups excluding carboxylic acids is 2. The van der Waals surface area contributed by atoms with Crippen molar-refractivity contribution in [1.82, 2.24) is 0 Å². The lowest BCUT2D eigenvalue weighted by Crippen LogP contribution is -2.53. The van der Waals surface area contributed by atoms with Crippen LogP contribution >= 0.6 is 11.6 Å². The van der Waals surface area contributed by atoms with Crippen LogP contribution in [0.15, 0.2) is 30.3 Å². The van der Waals surface area contributed by atoms with Gasteiger partial charge in [-0.1, -0.05) is 38.4 Å². The molecule has 192 valence electrons. The minimum absolute atomic E-state index is 0.0416. The standard InChI is InChI=1S/C27H30ClFN2O5/c1-27(2,3)22(14-32)31-13-19(26(35)36)25(34)18-10-15(6-7-21(18)31)9-16-11-17(12-20(28)24(16)29)30-8-4-5-23(30)33/h6-7,10-12,19,22,32H,4-5,8-9,13-14H2,1-3H3,(H,35,36). The summed E-state index contributed by atoms with van der Waals surface area (Å²) in [5, 5.41) is 19.8. The van der Waals surface area contributed by atoms with Crippen LogP contribution in [-0.2, 0) is 16.0 Å².